The Kier molecular flexibility index (Phi) is 4.64. The second-order valence-corrected chi connectivity index (χ2v) is 6.79. The van der Waals surface area contributed by atoms with E-state index < -0.39 is 0 Å². The molecule has 7 nitrogen and oxygen atoms in total. The Morgan fingerprint density at radius 3 is 2.48 bits per heavy atom. The van der Waals surface area contributed by atoms with Crippen LogP contribution in [0.3, 0.4) is 0 Å². The Morgan fingerprint density at radius 2 is 1.74 bits per heavy atom. The van der Waals surface area contributed by atoms with Crippen molar-refractivity contribution >= 4 is 16.3 Å². The van der Waals surface area contributed by atoms with E-state index in [0.717, 1.165) is 16.3 Å². The molecule has 2 heterocycles. The lowest BCUT2D eigenvalue weighted by atomic mass is 10.2. The number of rotatable bonds is 6. The van der Waals surface area contributed by atoms with Crippen LogP contribution in [0.2, 0.25) is 0 Å². The van der Waals surface area contributed by atoms with E-state index in [0.29, 0.717) is 22.3 Å². The van der Waals surface area contributed by atoms with Crippen LogP contribution in [0.1, 0.15) is 18.0 Å². The van der Waals surface area contributed by atoms with E-state index in [1.807, 2.05) is 55.5 Å². The molecule has 0 saturated carbocycles. The van der Waals surface area contributed by atoms with Gasteiger partial charge in [0.1, 0.15) is 11.9 Å². The monoisotopic (exact) mass is 382 g/mol. The van der Waals surface area contributed by atoms with E-state index in [9.17, 15) is 0 Å². The third-order valence-electron chi connectivity index (χ3n) is 4.05. The minimum absolute atomic E-state index is 0.197. The Bertz CT molecular complexity index is 1060. The van der Waals surface area contributed by atoms with Crippen LogP contribution >= 0.6 is 11.3 Å². The summed E-state index contributed by atoms with van der Waals surface area (Å²) in [7, 11) is 3.21. The van der Waals surface area contributed by atoms with Gasteiger partial charge in [-0.05, 0) is 37.3 Å². The van der Waals surface area contributed by atoms with E-state index in [4.69, 9.17) is 14.2 Å². The lowest BCUT2D eigenvalue weighted by Gasteiger charge is -2.11. The van der Waals surface area contributed by atoms with Gasteiger partial charge in [-0.2, -0.15) is 9.61 Å². The zero-order chi connectivity index (χ0) is 18.8. The molecule has 0 aliphatic rings. The molecule has 0 aliphatic carbocycles. The molecule has 0 bridgehead atoms. The SMILES string of the molecule is COc1ccc(-c2nnc3sc(C(C)Oc4ccccc4)nn23)cc1OC. The number of hydrogen-bond acceptors (Lipinski definition) is 7. The van der Waals surface area contributed by atoms with Crippen molar-refractivity contribution in [1.82, 2.24) is 19.8 Å². The zero-order valence-electron chi connectivity index (χ0n) is 15.1. The van der Waals surface area contributed by atoms with Gasteiger partial charge in [0.15, 0.2) is 22.3 Å². The summed E-state index contributed by atoms with van der Waals surface area (Å²) in [5.41, 5.74) is 0.841. The van der Waals surface area contributed by atoms with Gasteiger partial charge in [0.25, 0.3) is 0 Å². The van der Waals surface area contributed by atoms with E-state index in [-0.39, 0.29) is 6.10 Å². The standard InChI is InChI=1S/C19H18N4O3S/c1-12(26-14-7-5-4-6-8-14)18-22-23-17(20-21-19(23)27-18)13-9-10-15(24-2)16(11-13)25-3/h4-12H,1-3H3. The topological polar surface area (TPSA) is 70.8 Å². The van der Waals surface area contributed by atoms with Gasteiger partial charge in [-0.3, -0.25) is 0 Å². The fourth-order valence-electron chi connectivity index (χ4n) is 2.70. The first kappa shape index (κ1) is 17.3. The van der Waals surface area contributed by atoms with Crippen LogP contribution in [-0.2, 0) is 0 Å². The molecule has 0 amide bonds. The molecule has 0 spiro atoms. The number of hydrogen-bond donors (Lipinski definition) is 0. The minimum atomic E-state index is -0.197. The average molecular weight is 382 g/mol. The van der Waals surface area contributed by atoms with Crippen molar-refractivity contribution in [2.45, 2.75) is 13.0 Å². The molecule has 138 valence electrons. The average Bonchev–Trinajstić information content (AvgIpc) is 3.29. The van der Waals surface area contributed by atoms with Crippen molar-refractivity contribution in [3.63, 3.8) is 0 Å². The van der Waals surface area contributed by atoms with Crippen molar-refractivity contribution < 1.29 is 14.2 Å². The van der Waals surface area contributed by atoms with Gasteiger partial charge in [0.2, 0.25) is 4.96 Å². The van der Waals surface area contributed by atoms with Crippen LogP contribution in [0.4, 0.5) is 0 Å². The van der Waals surface area contributed by atoms with Crippen molar-refractivity contribution in [2.75, 3.05) is 14.2 Å². The molecular formula is C19H18N4O3S. The summed E-state index contributed by atoms with van der Waals surface area (Å²) < 4.78 is 18.4. The molecule has 0 saturated heterocycles. The van der Waals surface area contributed by atoms with Gasteiger partial charge >= 0.3 is 0 Å². The van der Waals surface area contributed by atoms with Crippen LogP contribution in [0.15, 0.2) is 48.5 Å². The third-order valence-corrected chi connectivity index (χ3v) is 5.11. The Morgan fingerprint density at radius 1 is 0.963 bits per heavy atom. The second-order valence-electron chi connectivity index (χ2n) is 5.80. The largest absolute Gasteiger partial charge is 0.493 e. The number of aromatic nitrogens is 4. The fraction of sp³-hybridized carbons (Fsp3) is 0.211. The van der Waals surface area contributed by atoms with Crippen molar-refractivity contribution in [3.05, 3.63) is 53.5 Å². The molecule has 8 heteroatoms. The normalized spacial score (nSPS) is 12.1. The molecule has 4 aromatic rings. The number of nitrogens with zero attached hydrogens (tertiary/aromatic N) is 4. The molecule has 2 aromatic carbocycles. The fourth-order valence-corrected chi connectivity index (χ4v) is 3.52. The minimum Gasteiger partial charge on any atom is -0.493 e. The first-order valence-electron chi connectivity index (χ1n) is 8.36. The predicted octanol–water partition coefficient (Wildman–Crippen LogP) is 4.01. The maximum Gasteiger partial charge on any atom is 0.235 e. The lowest BCUT2D eigenvalue weighted by Crippen LogP contribution is -2.03. The number of ether oxygens (including phenoxy) is 3. The van der Waals surface area contributed by atoms with Crippen molar-refractivity contribution in [2.24, 2.45) is 0 Å². The van der Waals surface area contributed by atoms with E-state index in [1.165, 1.54) is 11.3 Å². The molecule has 1 unspecified atom stereocenters. The molecule has 0 radical (unpaired) electrons. The van der Waals surface area contributed by atoms with Crippen LogP contribution in [-0.4, -0.2) is 34.0 Å². The van der Waals surface area contributed by atoms with Gasteiger partial charge in [0, 0.05) is 5.56 Å². The second kappa shape index (κ2) is 7.24. The Labute approximate surface area is 160 Å². The smallest absolute Gasteiger partial charge is 0.235 e. The summed E-state index contributed by atoms with van der Waals surface area (Å²) in [5.74, 6) is 2.73. The maximum atomic E-state index is 5.96. The highest BCUT2D eigenvalue weighted by atomic mass is 32.1. The van der Waals surface area contributed by atoms with E-state index in [1.54, 1.807) is 18.7 Å². The summed E-state index contributed by atoms with van der Waals surface area (Å²) in [5, 5.41) is 14.0. The number of fused-ring (bicyclic) bond motifs is 1. The predicted molar refractivity (Wildman–Crippen MR) is 103 cm³/mol. The van der Waals surface area contributed by atoms with Gasteiger partial charge in [-0.25, -0.2) is 0 Å². The summed E-state index contributed by atoms with van der Waals surface area (Å²) in [6, 6.07) is 15.3. The molecule has 4 rings (SSSR count). The third kappa shape index (κ3) is 3.31. The molecule has 1 atom stereocenters. The number of para-hydroxylation sites is 1. The Balaban J connectivity index is 1.66. The Hall–Kier alpha value is -3.13. The van der Waals surface area contributed by atoms with Gasteiger partial charge < -0.3 is 14.2 Å². The van der Waals surface area contributed by atoms with Gasteiger partial charge in [0.05, 0.1) is 14.2 Å². The first-order chi connectivity index (χ1) is 13.2. The highest BCUT2D eigenvalue weighted by Crippen LogP contribution is 2.33. The highest BCUT2D eigenvalue weighted by Gasteiger charge is 2.19. The van der Waals surface area contributed by atoms with Crippen LogP contribution < -0.4 is 14.2 Å². The summed E-state index contributed by atoms with van der Waals surface area (Å²) in [4.78, 5) is 0.707. The molecular weight excluding hydrogens is 364 g/mol. The van der Waals surface area contributed by atoms with E-state index in [2.05, 4.69) is 15.3 Å². The van der Waals surface area contributed by atoms with Gasteiger partial charge in [-0.15, -0.1) is 10.2 Å². The number of methoxy groups -OCH3 is 2. The molecule has 0 fully saturated rings. The number of benzene rings is 2. The van der Waals surface area contributed by atoms with Gasteiger partial charge in [-0.1, -0.05) is 29.5 Å². The lowest BCUT2D eigenvalue weighted by molar-refractivity contribution is 0.225. The van der Waals surface area contributed by atoms with Crippen LogP contribution in [0, 0.1) is 0 Å². The van der Waals surface area contributed by atoms with Crippen LogP contribution in [0.25, 0.3) is 16.3 Å². The zero-order valence-corrected chi connectivity index (χ0v) is 15.9. The summed E-state index contributed by atoms with van der Waals surface area (Å²) in [6.07, 6.45) is -0.197. The quantitative estimate of drug-likeness (QED) is 0.502. The summed E-state index contributed by atoms with van der Waals surface area (Å²) in [6.45, 7) is 1.97. The first-order valence-corrected chi connectivity index (χ1v) is 9.17. The highest BCUT2D eigenvalue weighted by molar-refractivity contribution is 7.16. The maximum absolute atomic E-state index is 5.96. The van der Waals surface area contributed by atoms with Crippen LogP contribution in [0.5, 0.6) is 17.2 Å². The molecule has 27 heavy (non-hydrogen) atoms. The molecule has 0 aliphatic heterocycles. The van der Waals surface area contributed by atoms with Crippen molar-refractivity contribution in [3.8, 4) is 28.6 Å². The molecule has 2 aromatic heterocycles. The summed E-state index contributed by atoms with van der Waals surface area (Å²) >= 11 is 1.46. The molecule has 0 N–H and O–H groups in total. The van der Waals surface area contributed by atoms with Crippen molar-refractivity contribution in [1.29, 1.82) is 0 Å². The van der Waals surface area contributed by atoms with E-state index >= 15 is 0 Å².